The van der Waals surface area contributed by atoms with Gasteiger partial charge in [0.25, 0.3) is 5.91 Å². The molecule has 24 heavy (non-hydrogen) atoms. The van der Waals surface area contributed by atoms with Gasteiger partial charge in [-0.15, -0.1) is 0 Å². The summed E-state index contributed by atoms with van der Waals surface area (Å²) >= 11 is 0. The topological polar surface area (TPSA) is 76.4 Å². The highest BCUT2D eigenvalue weighted by atomic mass is 16.3. The molecule has 1 aliphatic heterocycles. The highest BCUT2D eigenvalue weighted by molar-refractivity contribution is 6.07. The zero-order valence-electron chi connectivity index (χ0n) is 14.3. The number of aryl methyl sites for hydroxylation is 1. The molecule has 0 radical (unpaired) electrons. The molecule has 1 aromatic rings. The quantitative estimate of drug-likeness (QED) is 0.776. The van der Waals surface area contributed by atoms with Crippen LogP contribution < -0.4 is 5.32 Å². The van der Waals surface area contributed by atoms with E-state index in [1.807, 2.05) is 18.2 Å². The summed E-state index contributed by atoms with van der Waals surface area (Å²) in [6.07, 6.45) is 5.62. The molecule has 1 amide bonds. The van der Waals surface area contributed by atoms with Crippen molar-refractivity contribution in [2.45, 2.75) is 56.6 Å². The van der Waals surface area contributed by atoms with Crippen LogP contribution in [0.2, 0.25) is 0 Å². The number of aliphatic hydroxyl groups excluding tert-OH is 1. The first kappa shape index (κ1) is 17.0. The van der Waals surface area contributed by atoms with Crippen LogP contribution in [0.3, 0.4) is 0 Å². The van der Waals surface area contributed by atoms with Gasteiger partial charge in [0.1, 0.15) is 5.54 Å². The number of carbonyl (C=O) groups is 1. The number of carbonyl (C=O) groups excluding carboxylic acids is 1. The van der Waals surface area contributed by atoms with Crippen LogP contribution in [-0.4, -0.2) is 40.6 Å². The van der Waals surface area contributed by atoms with E-state index in [0.717, 1.165) is 32.1 Å². The fraction of sp³-hybridized carbons (Fsp3) is 0.579. The van der Waals surface area contributed by atoms with E-state index in [-0.39, 0.29) is 18.0 Å². The Hall–Kier alpha value is -1.88. The van der Waals surface area contributed by atoms with Gasteiger partial charge in [-0.05, 0) is 43.6 Å². The van der Waals surface area contributed by atoms with Gasteiger partial charge in [-0.2, -0.15) is 0 Å². The maximum absolute atomic E-state index is 12.9. The number of amides is 1. The van der Waals surface area contributed by atoms with Crippen molar-refractivity contribution in [3.05, 3.63) is 35.9 Å². The minimum Gasteiger partial charge on any atom is -0.393 e. The van der Waals surface area contributed by atoms with Crippen molar-refractivity contribution in [2.24, 2.45) is 5.92 Å². The Kier molecular flexibility index (Phi) is 4.90. The third-order valence-corrected chi connectivity index (χ3v) is 5.48. The van der Waals surface area contributed by atoms with Gasteiger partial charge in [-0.3, -0.25) is 15.1 Å². The van der Waals surface area contributed by atoms with Crippen molar-refractivity contribution in [3.63, 3.8) is 0 Å². The van der Waals surface area contributed by atoms with Crippen LogP contribution in [0, 0.1) is 11.3 Å². The highest BCUT2D eigenvalue weighted by Gasteiger charge is 2.49. The average molecular weight is 329 g/mol. The van der Waals surface area contributed by atoms with E-state index in [4.69, 9.17) is 5.41 Å². The number of hydrogen-bond acceptors (Lipinski definition) is 3. The Morgan fingerprint density at radius 3 is 2.71 bits per heavy atom. The number of nitrogens with one attached hydrogen (secondary N) is 2. The van der Waals surface area contributed by atoms with E-state index in [2.05, 4.69) is 17.4 Å². The summed E-state index contributed by atoms with van der Waals surface area (Å²) < 4.78 is 0. The fourth-order valence-corrected chi connectivity index (χ4v) is 4.14. The largest absolute Gasteiger partial charge is 0.393 e. The molecular weight excluding hydrogens is 302 g/mol. The Labute approximate surface area is 143 Å². The van der Waals surface area contributed by atoms with Crippen molar-refractivity contribution >= 4 is 11.9 Å². The minimum absolute atomic E-state index is 0.0107. The molecule has 130 valence electrons. The number of aliphatic hydroxyl groups is 1. The monoisotopic (exact) mass is 329 g/mol. The van der Waals surface area contributed by atoms with Crippen LogP contribution in [-0.2, 0) is 11.2 Å². The van der Waals surface area contributed by atoms with E-state index in [1.165, 1.54) is 10.5 Å². The summed E-state index contributed by atoms with van der Waals surface area (Å²) in [5.41, 5.74) is 0.500. The number of hydrogen-bond donors (Lipinski definition) is 3. The summed E-state index contributed by atoms with van der Waals surface area (Å²) in [5, 5.41) is 21.2. The molecule has 1 aliphatic carbocycles. The van der Waals surface area contributed by atoms with Crippen molar-refractivity contribution in [2.75, 3.05) is 7.05 Å². The first-order valence-corrected chi connectivity index (χ1v) is 8.87. The number of nitrogens with zero attached hydrogens (tertiary/aromatic N) is 1. The van der Waals surface area contributed by atoms with Crippen LogP contribution in [0.1, 0.15) is 44.1 Å². The zero-order chi connectivity index (χ0) is 17.2. The summed E-state index contributed by atoms with van der Waals surface area (Å²) in [4.78, 5) is 14.3. The number of rotatable bonds is 5. The molecule has 0 aromatic heterocycles. The molecule has 0 spiro atoms. The van der Waals surface area contributed by atoms with E-state index in [1.54, 1.807) is 7.05 Å². The Morgan fingerprint density at radius 1 is 1.33 bits per heavy atom. The van der Waals surface area contributed by atoms with Crippen LogP contribution in [0.25, 0.3) is 0 Å². The van der Waals surface area contributed by atoms with Gasteiger partial charge in [0.05, 0.1) is 6.10 Å². The summed E-state index contributed by atoms with van der Waals surface area (Å²) in [7, 11) is 1.66. The minimum atomic E-state index is -0.705. The zero-order valence-corrected chi connectivity index (χ0v) is 14.3. The van der Waals surface area contributed by atoms with Gasteiger partial charge in [0.15, 0.2) is 5.96 Å². The van der Waals surface area contributed by atoms with Gasteiger partial charge in [-0.25, -0.2) is 0 Å². The third kappa shape index (κ3) is 3.46. The standard InChI is InChI=1S/C19H27N3O2/c1-22-17(24)19(21-18(22)20,11-10-14-6-3-2-4-7-14)13-15-8-5-9-16(23)12-15/h2-4,6-7,15-16,23H,5,8-13H2,1H3,(H2,20,21)/t15-,16-,19-/m1/s1. The van der Waals surface area contributed by atoms with Gasteiger partial charge < -0.3 is 10.4 Å². The van der Waals surface area contributed by atoms with Gasteiger partial charge in [0, 0.05) is 7.05 Å². The molecule has 3 N–H and O–H groups in total. The lowest BCUT2D eigenvalue weighted by Crippen LogP contribution is -2.49. The molecule has 1 saturated carbocycles. The molecule has 1 saturated heterocycles. The normalized spacial score (nSPS) is 30.5. The average Bonchev–Trinajstić information content (AvgIpc) is 2.78. The van der Waals surface area contributed by atoms with Crippen molar-refractivity contribution in [1.29, 1.82) is 5.41 Å². The second-order valence-corrected chi connectivity index (χ2v) is 7.30. The third-order valence-electron chi connectivity index (χ3n) is 5.48. The van der Waals surface area contributed by atoms with Crippen LogP contribution in [0.5, 0.6) is 0 Å². The van der Waals surface area contributed by atoms with E-state index < -0.39 is 5.54 Å². The molecule has 2 fully saturated rings. The molecule has 1 aromatic carbocycles. The molecule has 0 bridgehead atoms. The van der Waals surface area contributed by atoms with Gasteiger partial charge in [-0.1, -0.05) is 43.2 Å². The predicted molar refractivity (Wildman–Crippen MR) is 93.7 cm³/mol. The van der Waals surface area contributed by atoms with Crippen molar-refractivity contribution in [3.8, 4) is 0 Å². The summed E-state index contributed by atoms with van der Waals surface area (Å²) in [6, 6.07) is 10.2. The van der Waals surface area contributed by atoms with Crippen LogP contribution in [0.15, 0.2) is 30.3 Å². The Balaban J connectivity index is 1.76. The number of benzene rings is 1. The first-order valence-electron chi connectivity index (χ1n) is 8.87. The first-order chi connectivity index (χ1) is 11.5. The molecule has 1 heterocycles. The molecule has 2 aliphatic rings. The Bertz CT molecular complexity index is 604. The molecule has 3 atom stereocenters. The fourth-order valence-electron chi connectivity index (χ4n) is 4.14. The second-order valence-electron chi connectivity index (χ2n) is 7.30. The second kappa shape index (κ2) is 6.93. The maximum Gasteiger partial charge on any atom is 0.254 e. The molecular formula is C19H27N3O2. The molecule has 3 rings (SSSR count). The number of guanidine groups is 1. The lowest BCUT2D eigenvalue weighted by atomic mass is 9.76. The van der Waals surface area contributed by atoms with Crippen LogP contribution >= 0.6 is 0 Å². The summed E-state index contributed by atoms with van der Waals surface area (Å²) in [6.45, 7) is 0. The maximum atomic E-state index is 12.9. The SMILES string of the molecule is CN1C(=N)N[C@](CCc2ccccc2)(C[C@@H]2CCC[C@@H](O)C2)C1=O. The highest BCUT2D eigenvalue weighted by Crippen LogP contribution is 2.35. The molecule has 0 unspecified atom stereocenters. The molecule has 5 heteroatoms. The smallest absolute Gasteiger partial charge is 0.254 e. The molecule has 5 nitrogen and oxygen atoms in total. The summed E-state index contributed by atoms with van der Waals surface area (Å²) in [5.74, 6) is 0.508. The number of likely N-dealkylation sites (N-methyl/N-ethyl adjacent to an activating group) is 1. The van der Waals surface area contributed by atoms with Crippen LogP contribution in [0.4, 0.5) is 0 Å². The van der Waals surface area contributed by atoms with Gasteiger partial charge in [0.2, 0.25) is 0 Å². The lowest BCUT2D eigenvalue weighted by Gasteiger charge is -2.34. The van der Waals surface area contributed by atoms with Crippen molar-refractivity contribution in [1.82, 2.24) is 10.2 Å². The van der Waals surface area contributed by atoms with Crippen molar-refractivity contribution < 1.29 is 9.90 Å². The van der Waals surface area contributed by atoms with E-state index in [0.29, 0.717) is 18.8 Å². The predicted octanol–water partition coefficient (Wildman–Crippen LogP) is 2.30. The lowest BCUT2D eigenvalue weighted by molar-refractivity contribution is -0.131. The van der Waals surface area contributed by atoms with Gasteiger partial charge >= 0.3 is 0 Å². The Morgan fingerprint density at radius 2 is 2.08 bits per heavy atom. The van der Waals surface area contributed by atoms with E-state index >= 15 is 0 Å². The van der Waals surface area contributed by atoms with E-state index in [9.17, 15) is 9.90 Å².